The minimum atomic E-state index is 1.09. The van der Waals surface area contributed by atoms with E-state index in [-0.39, 0.29) is 0 Å². The van der Waals surface area contributed by atoms with Crippen LogP contribution in [0.5, 0.6) is 0 Å². The van der Waals surface area contributed by atoms with Crippen LogP contribution in [0.4, 0.5) is 0 Å². The van der Waals surface area contributed by atoms with Gasteiger partial charge in [-0.2, -0.15) is 5.10 Å². The highest BCUT2D eigenvalue weighted by molar-refractivity contribution is 6.21. The summed E-state index contributed by atoms with van der Waals surface area (Å²) < 4.78 is 2.16. The van der Waals surface area contributed by atoms with E-state index < -0.39 is 0 Å². The van der Waals surface area contributed by atoms with Gasteiger partial charge in [-0.3, -0.25) is 0 Å². The van der Waals surface area contributed by atoms with Crippen molar-refractivity contribution in [1.82, 2.24) is 9.61 Å². The smallest absolute Gasteiger partial charge is 0.0826 e. The van der Waals surface area contributed by atoms with Gasteiger partial charge in [0.1, 0.15) is 0 Å². The van der Waals surface area contributed by atoms with Gasteiger partial charge in [-0.25, -0.2) is 4.52 Å². The lowest BCUT2D eigenvalue weighted by Gasteiger charge is -2.19. The molecule has 0 fully saturated rings. The van der Waals surface area contributed by atoms with Crippen molar-refractivity contribution in [3.63, 3.8) is 0 Å². The zero-order chi connectivity index (χ0) is 33.7. The predicted octanol–water partition coefficient (Wildman–Crippen LogP) is 13.1. The van der Waals surface area contributed by atoms with Crippen molar-refractivity contribution in [3.8, 4) is 55.8 Å². The summed E-state index contributed by atoms with van der Waals surface area (Å²) in [4.78, 5) is 0. The van der Waals surface area contributed by atoms with E-state index in [9.17, 15) is 0 Å². The van der Waals surface area contributed by atoms with E-state index in [2.05, 4.69) is 193 Å². The van der Waals surface area contributed by atoms with Crippen LogP contribution in [0.15, 0.2) is 194 Å². The number of pyridine rings is 1. The zero-order valence-corrected chi connectivity index (χ0v) is 27.9. The van der Waals surface area contributed by atoms with E-state index in [1.54, 1.807) is 0 Å². The molecule has 0 saturated heterocycles. The van der Waals surface area contributed by atoms with Crippen molar-refractivity contribution in [2.75, 3.05) is 0 Å². The maximum Gasteiger partial charge on any atom is 0.0826 e. The van der Waals surface area contributed by atoms with Gasteiger partial charge < -0.3 is 0 Å². The predicted molar refractivity (Wildman–Crippen MR) is 215 cm³/mol. The van der Waals surface area contributed by atoms with E-state index >= 15 is 0 Å². The third-order valence-electron chi connectivity index (χ3n) is 10.3. The number of hydrogen-bond donors (Lipinski definition) is 0. The van der Waals surface area contributed by atoms with E-state index in [1.165, 1.54) is 60.1 Å². The van der Waals surface area contributed by atoms with Crippen LogP contribution < -0.4 is 0 Å². The third-order valence-corrected chi connectivity index (χ3v) is 10.3. The number of aromatic nitrogens is 2. The minimum Gasteiger partial charge on any atom is -0.231 e. The number of nitrogens with zero attached hydrogens (tertiary/aromatic N) is 2. The second-order valence-corrected chi connectivity index (χ2v) is 13.1. The highest BCUT2D eigenvalue weighted by atomic mass is 15.2. The van der Waals surface area contributed by atoms with Crippen LogP contribution in [-0.2, 0) is 0 Å². The normalized spacial score (nSPS) is 11.5. The Hall–Kier alpha value is -6.77. The van der Waals surface area contributed by atoms with Gasteiger partial charge in [0.2, 0.25) is 0 Å². The lowest BCUT2D eigenvalue weighted by molar-refractivity contribution is 0.976. The van der Waals surface area contributed by atoms with Gasteiger partial charge in [0.25, 0.3) is 0 Å². The standard InChI is InChI=1S/C49H32N2/c1-4-16-33(17-5-1)44-32-50-51-48(37-20-8-3-9-21-37)47(42-26-14-15-27-43(42)49(44)51)36-30-28-35(29-31-36)46-40-24-12-10-22-38(40)45(34-18-6-2-7-19-34)39-23-11-13-25-41(39)46/h1-32H. The molecule has 0 saturated carbocycles. The molecule has 10 aromatic rings. The van der Waals surface area contributed by atoms with Gasteiger partial charge >= 0.3 is 0 Å². The molecule has 0 amide bonds. The fourth-order valence-electron chi connectivity index (χ4n) is 8.06. The Morgan fingerprint density at radius 3 is 1.14 bits per heavy atom. The first-order chi connectivity index (χ1) is 25.3. The van der Waals surface area contributed by atoms with Gasteiger partial charge in [0.05, 0.1) is 17.4 Å². The Balaban J connectivity index is 1.23. The molecule has 2 nitrogen and oxygen atoms in total. The van der Waals surface area contributed by atoms with Crippen LogP contribution in [-0.4, -0.2) is 9.61 Å². The van der Waals surface area contributed by atoms with Crippen LogP contribution >= 0.6 is 0 Å². The minimum absolute atomic E-state index is 1.09. The maximum atomic E-state index is 5.09. The molecule has 0 unspecified atom stereocenters. The molecule has 10 rings (SSSR count). The van der Waals surface area contributed by atoms with Crippen LogP contribution in [0.1, 0.15) is 0 Å². The first kappa shape index (κ1) is 29.2. The quantitative estimate of drug-likeness (QED) is 0.170. The summed E-state index contributed by atoms with van der Waals surface area (Å²) in [6.07, 6.45) is 2.02. The van der Waals surface area contributed by atoms with Crippen LogP contribution in [0.2, 0.25) is 0 Å². The van der Waals surface area contributed by atoms with Gasteiger partial charge in [-0.15, -0.1) is 0 Å². The SMILES string of the molecule is c1ccc(-c2c3ccccc3c(-c3ccc(-c4c(-c5ccccc5)n5ncc(-c6ccccc6)c5c5ccccc45)cc3)c3ccccc23)cc1. The summed E-state index contributed by atoms with van der Waals surface area (Å²) in [6, 6.07) is 67.7. The van der Waals surface area contributed by atoms with Gasteiger partial charge in [-0.05, 0) is 60.3 Å². The molecule has 238 valence electrons. The van der Waals surface area contributed by atoms with Crippen LogP contribution in [0, 0.1) is 0 Å². The van der Waals surface area contributed by atoms with Crippen LogP contribution in [0.3, 0.4) is 0 Å². The maximum absolute atomic E-state index is 5.09. The second kappa shape index (κ2) is 12.0. The topological polar surface area (TPSA) is 17.3 Å². The first-order valence-electron chi connectivity index (χ1n) is 17.5. The summed E-state index contributed by atoms with van der Waals surface area (Å²) in [6.45, 7) is 0. The van der Waals surface area contributed by atoms with Crippen molar-refractivity contribution in [2.24, 2.45) is 0 Å². The molecule has 0 radical (unpaired) electrons. The highest BCUT2D eigenvalue weighted by Gasteiger charge is 2.22. The summed E-state index contributed by atoms with van der Waals surface area (Å²) >= 11 is 0. The van der Waals surface area contributed by atoms with Gasteiger partial charge in [-0.1, -0.05) is 188 Å². The molecule has 0 atom stereocenters. The Kier molecular flexibility index (Phi) is 6.85. The van der Waals surface area contributed by atoms with Crippen molar-refractivity contribution in [2.45, 2.75) is 0 Å². The Morgan fingerprint density at radius 1 is 0.294 bits per heavy atom. The molecule has 2 heterocycles. The summed E-state index contributed by atoms with van der Waals surface area (Å²) in [5.74, 6) is 0. The fraction of sp³-hybridized carbons (Fsp3) is 0. The molecule has 51 heavy (non-hydrogen) atoms. The van der Waals surface area contributed by atoms with E-state index in [1.807, 2.05) is 6.20 Å². The largest absolute Gasteiger partial charge is 0.231 e. The number of benzene rings is 8. The molecule has 0 N–H and O–H groups in total. The molecule has 0 aliphatic carbocycles. The van der Waals surface area contributed by atoms with Gasteiger partial charge in [0.15, 0.2) is 0 Å². The molecular formula is C49H32N2. The molecule has 0 aliphatic rings. The van der Waals surface area contributed by atoms with E-state index in [4.69, 9.17) is 5.10 Å². The Labute approximate surface area is 296 Å². The monoisotopic (exact) mass is 648 g/mol. The molecule has 0 bridgehead atoms. The summed E-state index contributed by atoms with van der Waals surface area (Å²) in [5.41, 5.74) is 12.9. The van der Waals surface area contributed by atoms with Gasteiger partial charge in [0, 0.05) is 22.1 Å². The van der Waals surface area contributed by atoms with Crippen molar-refractivity contribution in [3.05, 3.63) is 194 Å². The number of fused-ring (bicyclic) bond motifs is 5. The highest BCUT2D eigenvalue weighted by Crippen LogP contribution is 2.46. The molecule has 2 heteroatoms. The average molecular weight is 649 g/mol. The molecule has 0 aliphatic heterocycles. The molecule has 8 aromatic carbocycles. The van der Waals surface area contributed by atoms with E-state index in [0.717, 1.165) is 33.5 Å². The van der Waals surface area contributed by atoms with Crippen molar-refractivity contribution in [1.29, 1.82) is 0 Å². The second-order valence-electron chi connectivity index (χ2n) is 13.1. The lowest BCUT2D eigenvalue weighted by Crippen LogP contribution is -2.00. The van der Waals surface area contributed by atoms with E-state index in [0.29, 0.717) is 0 Å². The first-order valence-corrected chi connectivity index (χ1v) is 17.5. The lowest BCUT2D eigenvalue weighted by atomic mass is 9.85. The summed E-state index contributed by atoms with van der Waals surface area (Å²) in [7, 11) is 0. The average Bonchev–Trinajstić information content (AvgIpc) is 3.66. The molecular weight excluding hydrogens is 617 g/mol. The number of hydrogen-bond acceptors (Lipinski definition) is 1. The van der Waals surface area contributed by atoms with Crippen LogP contribution in [0.25, 0.3) is 93.6 Å². The van der Waals surface area contributed by atoms with Crippen molar-refractivity contribution < 1.29 is 0 Å². The number of rotatable bonds is 5. The molecule has 0 spiro atoms. The zero-order valence-electron chi connectivity index (χ0n) is 27.9. The fourth-order valence-corrected chi connectivity index (χ4v) is 8.06. The molecule has 2 aromatic heterocycles. The van der Waals surface area contributed by atoms with Crippen molar-refractivity contribution >= 4 is 37.8 Å². The third kappa shape index (κ3) is 4.69. The Morgan fingerprint density at radius 2 is 0.647 bits per heavy atom. The summed E-state index contributed by atoms with van der Waals surface area (Å²) in [5, 5.41) is 12.5. The Bertz CT molecular complexity index is 2810.